The van der Waals surface area contributed by atoms with Crippen LogP contribution in [0.15, 0.2) is 43.0 Å². The van der Waals surface area contributed by atoms with Crippen LogP contribution >= 0.6 is 0 Å². The average Bonchev–Trinajstić information content (AvgIpc) is 2.69. The summed E-state index contributed by atoms with van der Waals surface area (Å²) in [5.41, 5.74) is -0.128. The summed E-state index contributed by atoms with van der Waals surface area (Å²) in [5, 5.41) is 0. The van der Waals surface area contributed by atoms with E-state index in [9.17, 15) is 4.79 Å². The van der Waals surface area contributed by atoms with Gasteiger partial charge in [0.05, 0.1) is 0 Å². The van der Waals surface area contributed by atoms with Crippen LogP contribution in [0.5, 0.6) is 0 Å². The molecule has 0 aromatic heterocycles. The number of cyclic esters (lactones) is 1. The third-order valence-electron chi connectivity index (χ3n) is 3.43. The normalized spacial score (nSPS) is 26.4. The van der Waals surface area contributed by atoms with Gasteiger partial charge in [-0.2, -0.15) is 0 Å². The van der Waals surface area contributed by atoms with Gasteiger partial charge in [0.1, 0.15) is 0 Å². The van der Waals surface area contributed by atoms with E-state index in [4.69, 9.17) is 9.47 Å². The van der Waals surface area contributed by atoms with E-state index in [-0.39, 0.29) is 11.4 Å². The van der Waals surface area contributed by atoms with Crippen molar-refractivity contribution >= 4 is 5.97 Å². The van der Waals surface area contributed by atoms with E-state index in [1.165, 1.54) is 0 Å². The van der Waals surface area contributed by atoms with Gasteiger partial charge < -0.3 is 9.47 Å². The third-order valence-corrected chi connectivity index (χ3v) is 3.43. The lowest BCUT2D eigenvalue weighted by molar-refractivity contribution is -0.155. The molecular formula is C17H22O3. The van der Waals surface area contributed by atoms with Crippen molar-refractivity contribution in [2.45, 2.75) is 45.5 Å². The molecule has 0 aliphatic carbocycles. The number of rotatable bonds is 4. The summed E-state index contributed by atoms with van der Waals surface area (Å²) in [6.07, 6.45) is 2.16. The standard InChI is InChI=1S/C17H22O3/c1-5-11-17(12-13-9-7-6-8-10-13)14(18)19-15(20-17)16(2,3)4/h5-10,15H,1,11-12H2,2-4H3/t15-,17+/m1/s1. The fourth-order valence-electron chi connectivity index (χ4n) is 2.31. The van der Waals surface area contributed by atoms with Gasteiger partial charge in [0.25, 0.3) is 0 Å². The number of ether oxygens (including phenoxy) is 2. The molecular weight excluding hydrogens is 252 g/mol. The highest BCUT2D eigenvalue weighted by atomic mass is 16.8. The molecule has 0 saturated carbocycles. The minimum atomic E-state index is -0.943. The lowest BCUT2D eigenvalue weighted by Crippen LogP contribution is -2.39. The number of hydrogen-bond acceptors (Lipinski definition) is 3. The van der Waals surface area contributed by atoms with Gasteiger partial charge in [0.2, 0.25) is 6.29 Å². The van der Waals surface area contributed by atoms with Crippen molar-refractivity contribution in [1.82, 2.24) is 0 Å². The van der Waals surface area contributed by atoms with Gasteiger partial charge in [-0.1, -0.05) is 57.2 Å². The predicted octanol–water partition coefficient (Wildman–Crippen LogP) is 3.49. The summed E-state index contributed by atoms with van der Waals surface area (Å²) in [6.45, 7) is 9.74. The maximum atomic E-state index is 12.4. The molecule has 1 saturated heterocycles. The van der Waals surface area contributed by atoms with Crippen LogP contribution in [0.1, 0.15) is 32.8 Å². The van der Waals surface area contributed by atoms with E-state index in [1.54, 1.807) is 6.08 Å². The number of benzene rings is 1. The number of carbonyl (C=O) groups excluding carboxylic acids is 1. The van der Waals surface area contributed by atoms with Crippen molar-refractivity contribution in [3.05, 3.63) is 48.6 Å². The molecule has 2 rings (SSSR count). The van der Waals surface area contributed by atoms with Gasteiger partial charge in [-0.25, -0.2) is 4.79 Å². The smallest absolute Gasteiger partial charge is 0.341 e. The first-order valence-electron chi connectivity index (χ1n) is 6.91. The fraction of sp³-hybridized carbons (Fsp3) is 0.471. The molecule has 20 heavy (non-hydrogen) atoms. The van der Waals surface area contributed by atoms with Crippen LogP contribution in [0, 0.1) is 5.41 Å². The number of hydrogen-bond donors (Lipinski definition) is 0. The largest absolute Gasteiger partial charge is 0.433 e. The Morgan fingerprint density at radius 1 is 1.30 bits per heavy atom. The molecule has 3 heteroatoms. The van der Waals surface area contributed by atoms with Crippen LogP contribution in [0.25, 0.3) is 0 Å². The number of carbonyl (C=O) groups is 1. The average molecular weight is 274 g/mol. The SMILES string of the molecule is C=CC[C@@]1(Cc2ccccc2)O[C@H](C(C)(C)C)OC1=O. The van der Waals surface area contributed by atoms with Gasteiger partial charge in [-0.15, -0.1) is 6.58 Å². The third kappa shape index (κ3) is 2.93. The van der Waals surface area contributed by atoms with Crippen LogP contribution in [0.2, 0.25) is 0 Å². The molecule has 3 nitrogen and oxygen atoms in total. The van der Waals surface area contributed by atoms with Crippen LogP contribution in [-0.4, -0.2) is 17.9 Å². The lowest BCUT2D eigenvalue weighted by Gasteiger charge is -2.28. The Labute approximate surface area is 120 Å². The van der Waals surface area contributed by atoms with Crippen molar-refractivity contribution in [1.29, 1.82) is 0 Å². The van der Waals surface area contributed by atoms with Crippen molar-refractivity contribution in [2.24, 2.45) is 5.41 Å². The summed E-state index contributed by atoms with van der Waals surface area (Å²) in [6, 6.07) is 9.85. The van der Waals surface area contributed by atoms with E-state index < -0.39 is 11.9 Å². The fourth-order valence-corrected chi connectivity index (χ4v) is 2.31. The molecule has 1 aromatic rings. The molecule has 1 aromatic carbocycles. The van der Waals surface area contributed by atoms with Gasteiger partial charge in [-0.05, 0) is 5.56 Å². The molecule has 0 radical (unpaired) electrons. The second-order valence-corrected chi connectivity index (χ2v) is 6.37. The molecule has 2 atom stereocenters. The molecule has 0 unspecified atom stereocenters. The van der Waals surface area contributed by atoms with E-state index in [0.717, 1.165) is 5.56 Å². The van der Waals surface area contributed by atoms with Crippen LogP contribution in [-0.2, 0) is 20.7 Å². The maximum Gasteiger partial charge on any atom is 0.341 e. The van der Waals surface area contributed by atoms with Crippen molar-refractivity contribution in [2.75, 3.05) is 0 Å². The summed E-state index contributed by atoms with van der Waals surface area (Å²) in [5.74, 6) is -0.291. The highest BCUT2D eigenvalue weighted by Gasteiger charge is 2.52. The molecule has 1 aliphatic rings. The summed E-state index contributed by atoms with van der Waals surface area (Å²) in [4.78, 5) is 12.4. The van der Waals surface area contributed by atoms with Crippen LogP contribution in [0.3, 0.4) is 0 Å². The molecule has 0 amide bonds. The Bertz CT molecular complexity index is 487. The van der Waals surface area contributed by atoms with Crippen molar-refractivity contribution < 1.29 is 14.3 Å². The second-order valence-electron chi connectivity index (χ2n) is 6.37. The van der Waals surface area contributed by atoms with Gasteiger partial charge in [0, 0.05) is 18.3 Å². The van der Waals surface area contributed by atoms with Crippen molar-refractivity contribution in [3.8, 4) is 0 Å². The number of esters is 1. The minimum absolute atomic E-state index is 0.241. The molecule has 1 fully saturated rings. The maximum absolute atomic E-state index is 12.4. The predicted molar refractivity (Wildman–Crippen MR) is 78.1 cm³/mol. The van der Waals surface area contributed by atoms with E-state index in [1.807, 2.05) is 51.1 Å². The molecule has 0 spiro atoms. The molecule has 108 valence electrons. The highest BCUT2D eigenvalue weighted by Crippen LogP contribution is 2.38. The zero-order valence-corrected chi connectivity index (χ0v) is 12.4. The van der Waals surface area contributed by atoms with E-state index in [0.29, 0.717) is 12.8 Å². The first-order valence-corrected chi connectivity index (χ1v) is 6.91. The topological polar surface area (TPSA) is 35.5 Å². The zero-order valence-electron chi connectivity index (χ0n) is 12.4. The van der Waals surface area contributed by atoms with Crippen LogP contribution < -0.4 is 0 Å². The molecule has 0 bridgehead atoms. The Morgan fingerprint density at radius 3 is 2.45 bits per heavy atom. The van der Waals surface area contributed by atoms with E-state index >= 15 is 0 Å². The first kappa shape index (κ1) is 14.8. The van der Waals surface area contributed by atoms with Crippen LogP contribution in [0.4, 0.5) is 0 Å². The van der Waals surface area contributed by atoms with Gasteiger partial charge in [0.15, 0.2) is 5.60 Å². The molecule has 0 N–H and O–H groups in total. The van der Waals surface area contributed by atoms with E-state index in [2.05, 4.69) is 6.58 Å². The Balaban J connectivity index is 2.26. The summed E-state index contributed by atoms with van der Waals surface area (Å²) >= 11 is 0. The molecule has 1 heterocycles. The zero-order chi connectivity index (χ0) is 14.8. The minimum Gasteiger partial charge on any atom is -0.433 e. The highest BCUT2D eigenvalue weighted by molar-refractivity contribution is 5.82. The Kier molecular flexibility index (Phi) is 4.00. The Morgan fingerprint density at radius 2 is 1.95 bits per heavy atom. The van der Waals surface area contributed by atoms with Gasteiger partial charge >= 0.3 is 5.97 Å². The van der Waals surface area contributed by atoms with Crippen molar-refractivity contribution in [3.63, 3.8) is 0 Å². The monoisotopic (exact) mass is 274 g/mol. The second kappa shape index (κ2) is 5.41. The van der Waals surface area contributed by atoms with Gasteiger partial charge in [-0.3, -0.25) is 0 Å². The Hall–Kier alpha value is -1.61. The summed E-state index contributed by atoms with van der Waals surface area (Å²) in [7, 11) is 0. The quantitative estimate of drug-likeness (QED) is 0.623. The summed E-state index contributed by atoms with van der Waals surface area (Å²) < 4.78 is 11.5. The molecule has 1 aliphatic heterocycles. The lowest BCUT2D eigenvalue weighted by atomic mass is 9.91. The first-order chi connectivity index (χ1) is 9.37.